The van der Waals surface area contributed by atoms with Crippen molar-refractivity contribution in [3.63, 3.8) is 0 Å². The van der Waals surface area contributed by atoms with Gasteiger partial charge in [0.15, 0.2) is 8.68 Å². The predicted molar refractivity (Wildman–Crippen MR) is 82.8 cm³/mol. The molecule has 0 bridgehead atoms. The molecule has 1 aromatic heterocycles. The molecule has 2 aromatic rings. The number of aromatic nitrogens is 1. The summed E-state index contributed by atoms with van der Waals surface area (Å²) in [5.74, 6) is 0. The van der Waals surface area contributed by atoms with Crippen molar-refractivity contribution < 1.29 is 13.2 Å². The van der Waals surface area contributed by atoms with Gasteiger partial charge in [-0.15, -0.1) is 0 Å². The van der Waals surface area contributed by atoms with Gasteiger partial charge in [0.1, 0.15) is 0 Å². The van der Waals surface area contributed by atoms with Crippen molar-refractivity contribution in [2.75, 3.05) is 11.8 Å². The number of hydrogen-bond donors (Lipinski definition) is 1. The first-order chi connectivity index (χ1) is 9.44. The fourth-order valence-electron chi connectivity index (χ4n) is 1.50. The fraction of sp³-hybridized carbons (Fsp3) is 0.182. The lowest BCUT2D eigenvalue weighted by molar-refractivity contribution is 0.185. The van der Waals surface area contributed by atoms with Crippen LogP contribution in [0.3, 0.4) is 0 Å². The molecule has 1 N–H and O–H groups in total. The molecule has 108 valence electrons. The third-order valence-electron chi connectivity index (χ3n) is 2.37. The normalized spacial score (nSPS) is 11.6. The Morgan fingerprint density at radius 2 is 2.25 bits per heavy atom. The molecule has 5 nitrogen and oxygen atoms in total. The lowest BCUT2D eigenvalue weighted by Crippen LogP contribution is -2.13. The largest absolute Gasteiger partial charge is 0.380 e. The highest BCUT2D eigenvalue weighted by molar-refractivity contribution is 9.10. The number of sulfonamides is 1. The Labute approximate surface area is 134 Å². The van der Waals surface area contributed by atoms with Crippen molar-refractivity contribution in [2.45, 2.75) is 10.8 Å². The molecule has 0 amide bonds. The average Bonchev–Trinajstić information content (AvgIpc) is 2.81. The lowest BCUT2D eigenvalue weighted by Gasteiger charge is -2.12. The van der Waals surface area contributed by atoms with Crippen LogP contribution in [0.1, 0.15) is 5.56 Å². The second-order valence-electron chi connectivity index (χ2n) is 3.74. The number of benzene rings is 1. The van der Waals surface area contributed by atoms with E-state index in [4.69, 9.17) is 16.3 Å². The summed E-state index contributed by atoms with van der Waals surface area (Å²) in [5, 5.41) is 0. The van der Waals surface area contributed by atoms with Gasteiger partial charge in [-0.05, 0) is 12.1 Å². The van der Waals surface area contributed by atoms with Crippen molar-refractivity contribution in [2.24, 2.45) is 0 Å². The molecule has 1 heterocycles. The van der Waals surface area contributed by atoms with Crippen molar-refractivity contribution in [3.8, 4) is 0 Å². The fourth-order valence-corrected chi connectivity index (χ4v) is 4.37. The maximum atomic E-state index is 12.2. The summed E-state index contributed by atoms with van der Waals surface area (Å²) in [6.45, 7) is 0.280. The highest BCUT2D eigenvalue weighted by atomic mass is 79.9. The van der Waals surface area contributed by atoms with Gasteiger partial charge in [-0.2, -0.15) is 0 Å². The first-order valence-corrected chi connectivity index (χ1v) is 8.81. The van der Waals surface area contributed by atoms with E-state index >= 15 is 0 Å². The van der Waals surface area contributed by atoms with Gasteiger partial charge >= 0.3 is 0 Å². The summed E-state index contributed by atoms with van der Waals surface area (Å²) in [4.78, 5) is 3.73. The van der Waals surface area contributed by atoms with Crippen molar-refractivity contribution in [1.82, 2.24) is 4.98 Å². The smallest absolute Gasteiger partial charge is 0.273 e. The number of hydrogen-bond acceptors (Lipinski definition) is 5. The third kappa shape index (κ3) is 3.50. The first kappa shape index (κ1) is 15.7. The summed E-state index contributed by atoms with van der Waals surface area (Å²) in [5.41, 5.74) is 1.17. The van der Waals surface area contributed by atoms with E-state index < -0.39 is 10.0 Å². The van der Waals surface area contributed by atoms with Crippen LogP contribution in [0.5, 0.6) is 0 Å². The van der Waals surface area contributed by atoms with Crippen molar-refractivity contribution >= 4 is 54.6 Å². The monoisotopic (exact) mass is 396 g/mol. The molecule has 20 heavy (non-hydrogen) atoms. The lowest BCUT2D eigenvalue weighted by atomic mass is 10.2. The van der Waals surface area contributed by atoms with E-state index in [1.54, 1.807) is 19.2 Å². The average molecular weight is 398 g/mol. The SMILES string of the molecule is COCc1c(Br)cccc1NS(=O)(=O)c1cnc(Cl)s1. The zero-order valence-corrected chi connectivity index (χ0v) is 14.2. The Morgan fingerprint density at radius 1 is 1.50 bits per heavy atom. The summed E-state index contributed by atoms with van der Waals surface area (Å²) >= 11 is 9.93. The van der Waals surface area contributed by atoms with Crippen molar-refractivity contribution in [1.29, 1.82) is 0 Å². The molecule has 0 fully saturated rings. The Bertz CT molecular complexity index is 718. The molecule has 0 saturated carbocycles. The molecule has 0 spiro atoms. The number of halogens is 2. The van der Waals surface area contributed by atoms with Crippen LogP contribution in [0, 0.1) is 0 Å². The Morgan fingerprint density at radius 3 is 2.85 bits per heavy atom. The number of thiazole rings is 1. The summed E-state index contributed by atoms with van der Waals surface area (Å²) in [6, 6.07) is 5.22. The van der Waals surface area contributed by atoms with Gasteiger partial charge in [0.2, 0.25) is 0 Å². The quantitative estimate of drug-likeness (QED) is 0.838. The second-order valence-corrected chi connectivity index (χ2v) is 8.11. The maximum absolute atomic E-state index is 12.2. The molecule has 0 aliphatic rings. The van der Waals surface area contributed by atoms with E-state index in [-0.39, 0.29) is 15.3 Å². The molecular formula is C11H10BrClN2O3S2. The number of nitrogens with one attached hydrogen (secondary N) is 1. The predicted octanol–water partition coefficient (Wildman–Crippen LogP) is 3.51. The summed E-state index contributed by atoms with van der Waals surface area (Å²) in [7, 11) is -2.16. The van der Waals surface area contributed by atoms with Crippen molar-refractivity contribution in [3.05, 3.63) is 38.9 Å². The Kier molecular flexibility index (Phi) is 5.03. The molecule has 0 unspecified atom stereocenters. The van der Waals surface area contributed by atoms with Crippen LogP contribution < -0.4 is 4.72 Å². The summed E-state index contributed by atoms with van der Waals surface area (Å²) < 4.78 is 33.1. The molecule has 1 aromatic carbocycles. The van der Waals surface area contributed by atoms with Gasteiger partial charge in [-0.25, -0.2) is 13.4 Å². The van der Waals surface area contributed by atoms with Gasteiger partial charge < -0.3 is 4.74 Å². The van der Waals surface area contributed by atoms with Gasteiger partial charge in [0, 0.05) is 17.1 Å². The molecule has 0 aliphatic carbocycles. The van der Waals surface area contributed by atoms with Crippen LogP contribution in [0.4, 0.5) is 5.69 Å². The van der Waals surface area contributed by atoms with Crippen LogP contribution in [-0.4, -0.2) is 20.5 Å². The minimum Gasteiger partial charge on any atom is -0.380 e. The minimum absolute atomic E-state index is 0.0610. The molecular weight excluding hydrogens is 388 g/mol. The Hall–Kier alpha value is -0.670. The number of nitrogens with zero attached hydrogens (tertiary/aromatic N) is 1. The zero-order valence-electron chi connectivity index (χ0n) is 10.3. The molecule has 0 saturated heterocycles. The minimum atomic E-state index is -3.70. The molecule has 0 atom stereocenters. The van der Waals surface area contributed by atoms with Gasteiger partial charge in [0.25, 0.3) is 10.0 Å². The van der Waals surface area contributed by atoms with Gasteiger partial charge in [-0.1, -0.05) is 44.9 Å². The van der Waals surface area contributed by atoms with Crippen LogP contribution in [-0.2, 0) is 21.4 Å². The van der Waals surface area contributed by atoms with E-state index in [9.17, 15) is 8.42 Å². The summed E-state index contributed by atoms with van der Waals surface area (Å²) in [6.07, 6.45) is 1.23. The molecule has 0 aliphatic heterocycles. The van der Waals surface area contributed by atoms with E-state index in [2.05, 4.69) is 25.6 Å². The third-order valence-corrected chi connectivity index (χ3v) is 6.06. The van der Waals surface area contributed by atoms with E-state index in [0.29, 0.717) is 11.3 Å². The van der Waals surface area contributed by atoms with Gasteiger partial charge in [0.05, 0.1) is 18.5 Å². The Balaban J connectivity index is 2.37. The van der Waals surface area contributed by atoms with Crippen LogP contribution in [0.15, 0.2) is 33.1 Å². The van der Waals surface area contributed by atoms with E-state index in [0.717, 1.165) is 15.8 Å². The van der Waals surface area contributed by atoms with Crippen LogP contribution >= 0.6 is 38.9 Å². The van der Waals surface area contributed by atoms with E-state index in [1.807, 2.05) is 6.07 Å². The first-order valence-electron chi connectivity index (χ1n) is 5.34. The highest BCUT2D eigenvalue weighted by Gasteiger charge is 2.19. The number of rotatable bonds is 5. The number of ether oxygens (including phenoxy) is 1. The molecule has 2 rings (SSSR count). The molecule has 0 radical (unpaired) electrons. The van der Waals surface area contributed by atoms with Crippen LogP contribution in [0.2, 0.25) is 4.47 Å². The maximum Gasteiger partial charge on any atom is 0.273 e. The van der Waals surface area contributed by atoms with Crippen LogP contribution in [0.25, 0.3) is 0 Å². The van der Waals surface area contributed by atoms with E-state index in [1.165, 1.54) is 6.20 Å². The molecule has 9 heteroatoms. The zero-order chi connectivity index (χ0) is 14.8. The number of methoxy groups -OCH3 is 1. The topological polar surface area (TPSA) is 68.3 Å². The second kappa shape index (κ2) is 6.40. The highest BCUT2D eigenvalue weighted by Crippen LogP contribution is 2.29. The number of anilines is 1. The standard InChI is InChI=1S/C11H10BrClN2O3S2/c1-18-6-7-8(12)3-2-4-9(7)15-20(16,17)10-5-14-11(13)19-10/h2-5,15H,6H2,1H3. The van der Waals surface area contributed by atoms with Gasteiger partial charge in [-0.3, -0.25) is 4.72 Å².